The van der Waals surface area contributed by atoms with Gasteiger partial charge in [0.05, 0.1) is 48.7 Å². The molecule has 0 aliphatic carbocycles. The summed E-state index contributed by atoms with van der Waals surface area (Å²) < 4.78 is 14.9. The molecule has 1 aliphatic rings. The first-order valence-electron chi connectivity index (χ1n) is 23.1. The van der Waals surface area contributed by atoms with Gasteiger partial charge in [-0.25, -0.2) is 4.98 Å². The zero-order chi connectivity index (χ0) is 45.7. The van der Waals surface area contributed by atoms with E-state index >= 15 is 0 Å². The van der Waals surface area contributed by atoms with Gasteiger partial charge in [0.25, 0.3) is 0 Å². The first-order chi connectivity index (χ1) is 33.3. The van der Waals surface area contributed by atoms with Crippen LogP contribution in [0.1, 0.15) is 39.5 Å². The summed E-state index contributed by atoms with van der Waals surface area (Å²) >= 11 is 3.76. The smallest absolute Gasteiger partial charge is 0.145 e. The molecule has 9 aromatic heterocycles. The number of nitrogens with zero attached hydrogens (tertiary/aromatic N) is 7. The number of benzene rings is 4. The van der Waals surface area contributed by atoms with Gasteiger partial charge in [0.1, 0.15) is 11.5 Å². The van der Waals surface area contributed by atoms with Crippen molar-refractivity contribution in [2.75, 3.05) is 11.9 Å². The summed E-state index contributed by atoms with van der Waals surface area (Å²) in [6.07, 6.45) is 12.1. The first-order valence-corrected chi connectivity index (χ1v) is 24.8. The summed E-state index contributed by atoms with van der Waals surface area (Å²) in [7, 11) is 0. The summed E-state index contributed by atoms with van der Waals surface area (Å²) in [5.41, 5.74) is 19.6. The Hall–Kier alpha value is -7.79. The van der Waals surface area contributed by atoms with Crippen LogP contribution in [0, 0.1) is 41.5 Å². The third-order valence-corrected chi connectivity index (χ3v) is 17.2. The fraction of sp³-hybridized carbons (Fsp3) is 0.121. The lowest BCUT2D eigenvalue weighted by Gasteiger charge is -2.17. The van der Waals surface area contributed by atoms with Gasteiger partial charge in [-0.1, -0.05) is 48.6 Å². The molecule has 4 aromatic carbocycles. The Kier molecular flexibility index (Phi) is 8.32. The van der Waals surface area contributed by atoms with Gasteiger partial charge in [-0.3, -0.25) is 19.1 Å². The van der Waals surface area contributed by atoms with Gasteiger partial charge in [0.2, 0.25) is 0 Å². The highest BCUT2D eigenvalue weighted by molar-refractivity contribution is 7.26. The van der Waals surface area contributed by atoms with Crippen LogP contribution in [-0.2, 0) is 0 Å². The molecule has 0 spiro atoms. The number of aromatic nitrogens is 7. The van der Waals surface area contributed by atoms with Gasteiger partial charge < -0.3 is 14.5 Å². The number of thiophene rings is 2. The number of rotatable bonds is 5. The number of pyridine rings is 3. The molecule has 14 rings (SSSR count). The molecular weight excluding hydrogens is 873 g/mol. The van der Waals surface area contributed by atoms with E-state index < -0.39 is 0 Å². The van der Waals surface area contributed by atoms with Crippen molar-refractivity contribution >= 4 is 108 Å². The van der Waals surface area contributed by atoms with Crippen molar-refractivity contribution in [2.24, 2.45) is 0 Å². The maximum atomic E-state index is 4.98. The standard InChI is InChI=1S/C58H44N8S2/c1-31-33(3)63(35(5)53(31)65-46-21-25-59-30-45(46)41-16-11-23-61-57(41)65)48-28-37(26-43-39-14-7-9-19-50(39)67-55(43)48)38-27-44-40-15-8-10-20-51(40)68-56(44)49(29-38)64-34(4)32(2)54(36(64)6)66-47-18-13-22-60-52(47)42-17-12-24-62-58(42)66/h7-23,25-30,62H,24H2,1-6H3. The molecule has 8 nitrogen and oxygen atoms in total. The lowest BCUT2D eigenvalue weighted by molar-refractivity contribution is 0.959. The molecule has 0 saturated heterocycles. The Bertz CT molecular complexity index is 4300. The molecule has 10 heteroatoms. The minimum Gasteiger partial charge on any atom is -0.367 e. The van der Waals surface area contributed by atoms with Crippen LogP contribution < -0.4 is 5.32 Å². The van der Waals surface area contributed by atoms with E-state index in [9.17, 15) is 0 Å². The topological polar surface area (TPSA) is 70.4 Å². The first kappa shape index (κ1) is 39.4. The van der Waals surface area contributed by atoms with Crippen LogP contribution in [0.4, 0.5) is 5.82 Å². The molecule has 1 N–H and O–H groups in total. The van der Waals surface area contributed by atoms with Crippen molar-refractivity contribution < 1.29 is 0 Å². The van der Waals surface area contributed by atoms with Crippen molar-refractivity contribution in [3.8, 4) is 33.9 Å². The van der Waals surface area contributed by atoms with Crippen LogP contribution in [0.3, 0.4) is 0 Å². The van der Waals surface area contributed by atoms with Gasteiger partial charge in [-0.15, -0.1) is 22.7 Å². The van der Waals surface area contributed by atoms with E-state index in [0.717, 1.165) is 56.6 Å². The van der Waals surface area contributed by atoms with Crippen molar-refractivity contribution in [3.05, 3.63) is 173 Å². The number of fused-ring (bicyclic) bond motifs is 12. The quantitative estimate of drug-likeness (QED) is 0.187. The summed E-state index contributed by atoms with van der Waals surface area (Å²) in [6.45, 7) is 14.4. The average molecular weight is 917 g/mol. The van der Waals surface area contributed by atoms with E-state index in [2.05, 4.69) is 173 Å². The molecule has 0 amide bonds. The van der Waals surface area contributed by atoms with Gasteiger partial charge in [0, 0.05) is 101 Å². The Morgan fingerprint density at radius 2 is 1.10 bits per heavy atom. The largest absolute Gasteiger partial charge is 0.367 e. The lowest BCUT2D eigenvalue weighted by atomic mass is 9.98. The Labute approximate surface area is 399 Å². The number of anilines is 1. The van der Waals surface area contributed by atoms with Crippen molar-refractivity contribution in [3.63, 3.8) is 0 Å². The second-order valence-electron chi connectivity index (χ2n) is 18.3. The highest BCUT2D eigenvalue weighted by atomic mass is 32.1. The number of hydrogen-bond donors (Lipinski definition) is 1. The molecular formula is C58H44N8S2. The third kappa shape index (κ3) is 5.27. The molecule has 0 fully saturated rings. The molecule has 328 valence electrons. The van der Waals surface area contributed by atoms with Gasteiger partial charge in [-0.05, 0) is 131 Å². The molecule has 10 heterocycles. The van der Waals surface area contributed by atoms with Crippen LogP contribution >= 0.6 is 22.7 Å². The predicted molar refractivity (Wildman–Crippen MR) is 287 cm³/mol. The second kappa shape index (κ2) is 14.4. The Balaban J connectivity index is 1.05. The van der Waals surface area contributed by atoms with E-state index in [1.165, 1.54) is 102 Å². The zero-order valence-corrected chi connectivity index (χ0v) is 40.1. The van der Waals surface area contributed by atoms with Crippen molar-refractivity contribution in [1.82, 2.24) is 33.2 Å². The summed E-state index contributed by atoms with van der Waals surface area (Å²) in [4.78, 5) is 14.4. The monoisotopic (exact) mass is 916 g/mol. The van der Waals surface area contributed by atoms with E-state index in [1.54, 1.807) is 0 Å². The van der Waals surface area contributed by atoms with Crippen LogP contribution in [0.5, 0.6) is 0 Å². The maximum absolute atomic E-state index is 4.98. The second-order valence-corrected chi connectivity index (χ2v) is 20.4. The minimum atomic E-state index is 0.773. The van der Waals surface area contributed by atoms with Crippen LogP contribution in [0.2, 0.25) is 0 Å². The van der Waals surface area contributed by atoms with Gasteiger partial charge in [0.15, 0.2) is 0 Å². The normalized spacial score (nSPS) is 12.9. The highest BCUT2D eigenvalue weighted by Gasteiger charge is 2.28. The van der Waals surface area contributed by atoms with Crippen LogP contribution in [-0.4, -0.2) is 39.8 Å². The molecule has 0 bridgehead atoms. The van der Waals surface area contributed by atoms with Crippen molar-refractivity contribution in [1.29, 1.82) is 0 Å². The fourth-order valence-corrected chi connectivity index (χ4v) is 13.9. The molecule has 0 saturated carbocycles. The van der Waals surface area contributed by atoms with Gasteiger partial charge in [-0.2, -0.15) is 0 Å². The summed E-state index contributed by atoms with van der Waals surface area (Å²) in [5, 5.41) is 11.0. The highest BCUT2D eigenvalue weighted by Crippen LogP contribution is 2.47. The molecule has 13 aromatic rings. The Morgan fingerprint density at radius 3 is 1.76 bits per heavy atom. The molecule has 0 atom stereocenters. The maximum Gasteiger partial charge on any atom is 0.145 e. The average Bonchev–Trinajstić information content (AvgIpc) is 4.19. The lowest BCUT2D eigenvalue weighted by Crippen LogP contribution is -2.10. The SMILES string of the molecule is Cc1c(-n2c3c(c4ncccc42)C=CCN3)c(C)n(-c2cc(-c3cc(-n4c(C)c(C)c(-n5c6ccncc6c6cccnc65)c4C)c4sc5ccccc5c4c3)cc3c2sc2ccccc23)c1C. The summed E-state index contributed by atoms with van der Waals surface area (Å²) in [5.74, 6) is 1.09. The molecule has 0 radical (unpaired) electrons. The predicted octanol–water partition coefficient (Wildman–Crippen LogP) is 15.2. The van der Waals surface area contributed by atoms with Crippen LogP contribution in [0.15, 0.2) is 134 Å². The fourth-order valence-electron chi connectivity index (χ4n) is 11.6. The Morgan fingerprint density at radius 1 is 0.515 bits per heavy atom. The van der Waals surface area contributed by atoms with Gasteiger partial charge >= 0.3 is 0 Å². The van der Waals surface area contributed by atoms with E-state index in [4.69, 9.17) is 9.97 Å². The van der Waals surface area contributed by atoms with E-state index in [0.29, 0.717) is 0 Å². The third-order valence-electron chi connectivity index (χ3n) is 14.8. The number of nitrogens with one attached hydrogen (secondary N) is 1. The van der Waals surface area contributed by atoms with E-state index in [1.807, 2.05) is 59.6 Å². The minimum absolute atomic E-state index is 0.773. The molecule has 68 heavy (non-hydrogen) atoms. The molecule has 0 unspecified atom stereocenters. The van der Waals surface area contributed by atoms with Crippen LogP contribution in [0.25, 0.3) is 113 Å². The number of hydrogen-bond acceptors (Lipinski definition) is 6. The summed E-state index contributed by atoms with van der Waals surface area (Å²) in [6, 6.07) is 38.1. The van der Waals surface area contributed by atoms with E-state index in [-0.39, 0.29) is 0 Å². The van der Waals surface area contributed by atoms with Crippen molar-refractivity contribution in [2.45, 2.75) is 41.5 Å². The molecule has 1 aliphatic heterocycles. The zero-order valence-electron chi connectivity index (χ0n) is 38.4.